The zero-order valence-corrected chi connectivity index (χ0v) is 17.1. The summed E-state index contributed by atoms with van der Waals surface area (Å²) >= 11 is 0. The molecule has 2 aliphatic heterocycles. The first-order valence-electron chi connectivity index (χ1n) is 10.5. The molecule has 1 aromatic rings. The number of rotatable bonds is 7. The van der Waals surface area contributed by atoms with Gasteiger partial charge in [0.15, 0.2) is 0 Å². The summed E-state index contributed by atoms with van der Waals surface area (Å²) in [6, 6.07) is 5.96. The van der Waals surface area contributed by atoms with Crippen LogP contribution in [0.5, 0.6) is 5.75 Å². The first-order chi connectivity index (χ1) is 13.5. The second-order valence-corrected chi connectivity index (χ2v) is 8.09. The normalized spacial score (nSPS) is 22.1. The first kappa shape index (κ1) is 20.6. The van der Waals surface area contributed by atoms with E-state index in [9.17, 15) is 9.59 Å². The van der Waals surface area contributed by atoms with Crippen LogP contribution in [0.3, 0.4) is 0 Å². The minimum atomic E-state index is -0.0381. The van der Waals surface area contributed by atoms with E-state index in [1.165, 1.54) is 11.1 Å². The number of carbonyl (C=O) groups excluding carboxylic acids is 2. The van der Waals surface area contributed by atoms with Gasteiger partial charge in [0.2, 0.25) is 11.8 Å². The van der Waals surface area contributed by atoms with Crippen LogP contribution in [0.2, 0.25) is 0 Å². The number of hydrogen-bond donors (Lipinski definition) is 2. The van der Waals surface area contributed by atoms with Crippen molar-refractivity contribution in [1.82, 2.24) is 15.5 Å². The van der Waals surface area contributed by atoms with E-state index in [0.717, 1.165) is 51.1 Å². The largest absolute Gasteiger partial charge is 0.493 e. The lowest BCUT2D eigenvalue weighted by Gasteiger charge is -2.33. The van der Waals surface area contributed by atoms with Gasteiger partial charge in [-0.25, -0.2) is 0 Å². The summed E-state index contributed by atoms with van der Waals surface area (Å²) in [7, 11) is 0. The van der Waals surface area contributed by atoms with Crippen LogP contribution >= 0.6 is 0 Å². The van der Waals surface area contributed by atoms with Gasteiger partial charge in [-0.05, 0) is 75.3 Å². The van der Waals surface area contributed by atoms with Crippen LogP contribution in [0, 0.1) is 19.8 Å². The van der Waals surface area contributed by atoms with E-state index in [1.54, 1.807) is 0 Å². The maximum Gasteiger partial charge on any atom is 0.237 e. The molecule has 2 amide bonds. The Hall–Kier alpha value is -2.08. The molecule has 0 spiro atoms. The van der Waals surface area contributed by atoms with Gasteiger partial charge in [0.05, 0.1) is 19.1 Å². The molecule has 0 saturated carbocycles. The summed E-state index contributed by atoms with van der Waals surface area (Å²) in [5.41, 5.74) is 2.43. The van der Waals surface area contributed by atoms with Gasteiger partial charge in [-0.2, -0.15) is 0 Å². The van der Waals surface area contributed by atoms with Crippen molar-refractivity contribution in [3.05, 3.63) is 29.3 Å². The number of hydrogen-bond acceptors (Lipinski definition) is 4. The lowest BCUT2D eigenvalue weighted by Crippen LogP contribution is -2.46. The minimum Gasteiger partial charge on any atom is -0.493 e. The van der Waals surface area contributed by atoms with Crippen molar-refractivity contribution < 1.29 is 14.3 Å². The molecule has 1 aromatic carbocycles. The van der Waals surface area contributed by atoms with Gasteiger partial charge in [-0.3, -0.25) is 9.59 Å². The van der Waals surface area contributed by atoms with E-state index in [0.29, 0.717) is 25.5 Å². The molecule has 2 fully saturated rings. The summed E-state index contributed by atoms with van der Waals surface area (Å²) < 4.78 is 5.75. The van der Waals surface area contributed by atoms with Crippen LogP contribution in [0.1, 0.15) is 43.2 Å². The molecule has 0 aliphatic carbocycles. The van der Waals surface area contributed by atoms with E-state index in [1.807, 2.05) is 23.1 Å². The van der Waals surface area contributed by atoms with E-state index in [-0.39, 0.29) is 17.9 Å². The van der Waals surface area contributed by atoms with Crippen molar-refractivity contribution in [2.24, 2.45) is 5.92 Å². The predicted molar refractivity (Wildman–Crippen MR) is 109 cm³/mol. The highest BCUT2D eigenvalue weighted by molar-refractivity contribution is 5.82. The van der Waals surface area contributed by atoms with Crippen molar-refractivity contribution in [2.75, 3.05) is 32.8 Å². The number of aryl methyl sites for hydroxylation is 2. The SMILES string of the molecule is Cc1ccc(OCCC(=O)N2CCCC(CNC(=O)C3CCCN3)C2)cc1C. The Morgan fingerprint density at radius 1 is 1.21 bits per heavy atom. The summed E-state index contributed by atoms with van der Waals surface area (Å²) in [5.74, 6) is 1.39. The van der Waals surface area contributed by atoms with Crippen molar-refractivity contribution in [1.29, 1.82) is 0 Å². The summed E-state index contributed by atoms with van der Waals surface area (Å²) in [6.07, 6.45) is 4.42. The van der Waals surface area contributed by atoms with E-state index in [2.05, 4.69) is 24.5 Å². The Bertz CT molecular complexity index is 686. The highest BCUT2D eigenvalue weighted by atomic mass is 16.5. The second-order valence-electron chi connectivity index (χ2n) is 8.09. The third-order valence-electron chi connectivity index (χ3n) is 5.88. The molecule has 2 N–H and O–H groups in total. The van der Waals surface area contributed by atoms with Gasteiger partial charge in [0, 0.05) is 19.6 Å². The molecule has 154 valence electrons. The Kier molecular flexibility index (Phi) is 7.31. The number of benzene rings is 1. The predicted octanol–water partition coefficient (Wildman–Crippen LogP) is 2.18. The van der Waals surface area contributed by atoms with Crippen LogP contribution in [-0.2, 0) is 9.59 Å². The molecule has 6 nitrogen and oxygen atoms in total. The number of ether oxygens (including phenoxy) is 1. The highest BCUT2D eigenvalue weighted by Crippen LogP contribution is 2.19. The summed E-state index contributed by atoms with van der Waals surface area (Å²) in [6.45, 7) is 7.63. The molecule has 2 aliphatic rings. The second kappa shape index (κ2) is 9.92. The molecule has 0 radical (unpaired) electrons. The molecular formula is C22H33N3O3. The number of amides is 2. The maximum atomic E-state index is 12.6. The smallest absolute Gasteiger partial charge is 0.237 e. The molecule has 3 rings (SSSR count). The Labute approximate surface area is 168 Å². The Morgan fingerprint density at radius 2 is 2.07 bits per heavy atom. The quantitative estimate of drug-likeness (QED) is 0.752. The molecule has 2 heterocycles. The molecule has 0 bridgehead atoms. The van der Waals surface area contributed by atoms with Gasteiger partial charge in [0.25, 0.3) is 0 Å². The zero-order valence-electron chi connectivity index (χ0n) is 17.1. The highest BCUT2D eigenvalue weighted by Gasteiger charge is 2.26. The van der Waals surface area contributed by atoms with Gasteiger partial charge >= 0.3 is 0 Å². The fraction of sp³-hybridized carbons (Fsp3) is 0.636. The third kappa shape index (κ3) is 5.71. The average Bonchev–Trinajstić information content (AvgIpc) is 3.24. The minimum absolute atomic E-state index is 0.0381. The molecule has 6 heteroatoms. The number of nitrogens with one attached hydrogen (secondary N) is 2. The topological polar surface area (TPSA) is 70.7 Å². The van der Waals surface area contributed by atoms with Crippen molar-refractivity contribution in [3.63, 3.8) is 0 Å². The Balaban J connectivity index is 1.38. The monoisotopic (exact) mass is 387 g/mol. The molecule has 2 atom stereocenters. The number of nitrogens with zero attached hydrogens (tertiary/aromatic N) is 1. The average molecular weight is 388 g/mol. The van der Waals surface area contributed by atoms with Crippen LogP contribution < -0.4 is 15.4 Å². The van der Waals surface area contributed by atoms with Crippen molar-refractivity contribution >= 4 is 11.8 Å². The summed E-state index contributed by atoms with van der Waals surface area (Å²) in [5, 5.41) is 6.29. The zero-order chi connectivity index (χ0) is 19.9. The summed E-state index contributed by atoms with van der Waals surface area (Å²) in [4.78, 5) is 26.6. The van der Waals surface area contributed by atoms with Gasteiger partial charge < -0.3 is 20.3 Å². The number of likely N-dealkylation sites (tertiary alicyclic amines) is 1. The van der Waals surface area contributed by atoms with E-state index < -0.39 is 0 Å². The lowest BCUT2D eigenvalue weighted by atomic mass is 9.97. The van der Waals surface area contributed by atoms with Crippen LogP contribution in [0.25, 0.3) is 0 Å². The van der Waals surface area contributed by atoms with Crippen LogP contribution in [-0.4, -0.2) is 55.5 Å². The molecule has 2 saturated heterocycles. The molecular weight excluding hydrogens is 354 g/mol. The standard InChI is InChI=1S/C22H33N3O3/c1-16-7-8-19(13-17(16)2)28-12-9-21(26)25-11-4-5-18(15-25)14-24-22(27)20-6-3-10-23-20/h7-8,13,18,20,23H,3-6,9-12,14-15H2,1-2H3,(H,24,27). The molecule has 2 unspecified atom stereocenters. The first-order valence-corrected chi connectivity index (χ1v) is 10.5. The van der Waals surface area contributed by atoms with Crippen LogP contribution in [0.4, 0.5) is 0 Å². The van der Waals surface area contributed by atoms with E-state index in [4.69, 9.17) is 4.74 Å². The third-order valence-corrected chi connectivity index (χ3v) is 5.88. The lowest BCUT2D eigenvalue weighted by molar-refractivity contribution is -0.133. The molecule has 0 aromatic heterocycles. The van der Waals surface area contributed by atoms with Gasteiger partial charge in [-0.15, -0.1) is 0 Å². The fourth-order valence-corrected chi connectivity index (χ4v) is 3.95. The Morgan fingerprint density at radius 3 is 2.82 bits per heavy atom. The fourth-order valence-electron chi connectivity index (χ4n) is 3.95. The van der Waals surface area contributed by atoms with Gasteiger partial charge in [-0.1, -0.05) is 6.07 Å². The molecule has 28 heavy (non-hydrogen) atoms. The maximum absolute atomic E-state index is 12.6. The van der Waals surface area contributed by atoms with Crippen molar-refractivity contribution in [3.8, 4) is 5.75 Å². The van der Waals surface area contributed by atoms with E-state index >= 15 is 0 Å². The van der Waals surface area contributed by atoms with Gasteiger partial charge in [0.1, 0.15) is 5.75 Å². The number of piperidine rings is 1. The number of carbonyl (C=O) groups is 2. The van der Waals surface area contributed by atoms with Crippen molar-refractivity contribution in [2.45, 2.75) is 52.0 Å². The van der Waals surface area contributed by atoms with Crippen LogP contribution in [0.15, 0.2) is 18.2 Å².